The number of rotatable bonds is 6. The third-order valence-corrected chi connectivity index (χ3v) is 5.40. The summed E-state index contributed by atoms with van der Waals surface area (Å²) in [7, 11) is -0.647. The molecule has 20 heavy (non-hydrogen) atoms. The van der Waals surface area contributed by atoms with Crippen LogP contribution in [0.25, 0.3) is 11.0 Å². The molecule has 110 valence electrons. The van der Waals surface area contributed by atoms with Crippen molar-refractivity contribution in [2.75, 3.05) is 27.3 Å². The second kappa shape index (κ2) is 6.31. The number of methoxy groups -OCH3 is 1. The zero-order valence-corrected chi connectivity index (χ0v) is 13.4. The Morgan fingerprint density at radius 2 is 2.20 bits per heavy atom. The highest BCUT2D eigenvalue weighted by Crippen LogP contribution is 2.24. The van der Waals surface area contributed by atoms with Crippen molar-refractivity contribution in [3.63, 3.8) is 0 Å². The first kappa shape index (κ1) is 15.6. The Morgan fingerprint density at radius 3 is 2.90 bits per heavy atom. The zero-order chi connectivity index (χ0) is 14.8. The smallest absolute Gasteiger partial charge is 0.245 e. The second-order valence-electron chi connectivity index (χ2n) is 4.23. The molecule has 0 fully saturated rings. The fourth-order valence-electron chi connectivity index (χ4n) is 1.77. The Morgan fingerprint density at radius 1 is 1.45 bits per heavy atom. The summed E-state index contributed by atoms with van der Waals surface area (Å²) < 4.78 is 39.3. The summed E-state index contributed by atoms with van der Waals surface area (Å²) >= 11 is 7.00. The van der Waals surface area contributed by atoms with E-state index in [4.69, 9.17) is 16.3 Å². The van der Waals surface area contributed by atoms with Crippen molar-refractivity contribution in [2.45, 2.75) is 10.3 Å². The van der Waals surface area contributed by atoms with Crippen molar-refractivity contribution in [1.82, 2.24) is 13.1 Å². The van der Waals surface area contributed by atoms with Crippen LogP contribution in [0.4, 0.5) is 0 Å². The van der Waals surface area contributed by atoms with Crippen LogP contribution in [0.2, 0.25) is 0 Å². The van der Waals surface area contributed by atoms with Crippen LogP contribution in [-0.2, 0) is 14.8 Å². The SMILES string of the molecule is COCC(Cl)CN(C)S(=O)(=O)c1cccc2nsnc12. The molecule has 9 heteroatoms. The molecule has 2 aromatic rings. The van der Waals surface area contributed by atoms with E-state index in [-0.39, 0.29) is 18.0 Å². The molecule has 0 aliphatic rings. The average Bonchev–Trinajstić information content (AvgIpc) is 2.86. The number of fused-ring (bicyclic) bond motifs is 1. The van der Waals surface area contributed by atoms with Gasteiger partial charge in [0, 0.05) is 20.7 Å². The summed E-state index contributed by atoms with van der Waals surface area (Å²) in [4.78, 5) is 0.146. The molecular weight excluding hydrogens is 322 g/mol. The first-order valence-electron chi connectivity index (χ1n) is 5.77. The number of hydrogen-bond donors (Lipinski definition) is 0. The predicted octanol–water partition coefficient (Wildman–Crippen LogP) is 1.57. The molecule has 1 aromatic heterocycles. The molecule has 1 atom stereocenters. The molecule has 0 spiro atoms. The summed E-state index contributed by atoms with van der Waals surface area (Å²) in [6, 6.07) is 4.90. The molecule has 6 nitrogen and oxygen atoms in total. The van der Waals surface area contributed by atoms with Crippen LogP contribution in [0.15, 0.2) is 23.1 Å². The number of nitrogens with zero attached hydrogens (tertiary/aromatic N) is 3. The lowest BCUT2D eigenvalue weighted by atomic mass is 10.3. The van der Waals surface area contributed by atoms with Gasteiger partial charge in [-0.25, -0.2) is 8.42 Å². The molecule has 1 aromatic carbocycles. The van der Waals surface area contributed by atoms with Gasteiger partial charge < -0.3 is 4.74 Å². The Balaban J connectivity index is 2.32. The third-order valence-electron chi connectivity index (χ3n) is 2.74. The van der Waals surface area contributed by atoms with Crippen LogP contribution >= 0.6 is 23.3 Å². The summed E-state index contributed by atoms with van der Waals surface area (Å²) in [5.74, 6) is 0. The Hall–Kier alpha value is -0.800. The minimum absolute atomic E-state index is 0.146. The van der Waals surface area contributed by atoms with Gasteiger partial charge in [0.25, 0.3) is 0 Å². The molecular formula is C11H14ClN3O3S2. The van der Waals surface area contributed by atoms with E-state index in [0.29, 0.717) is 11.0 Å². The van der Waals surface area contributed by atoms with Crippen molar-refractivity contribution >= 4 is 44.4 Å². The van der Waals surface area contributed by atoms with Crippen LogP contribution in [0, 0.1) is 0 Å². The molecule has 0 saturated carbocycles. The van der Waals surface area contributed by atoms with E-state index in [9.17, 15) is 8.42 Å². The number of alkyl halides is 1. The first-order chi connectivity index (χ1) is 9.46. The van der Waals surface area contributed by atoms with E-state index in [0.717, 1.165) is 11.7 Å². The van der Waals surface area contributed by atoms with Crippen molar-refractivity contribution < 1.29 is 13.2 Å². The summed E-state index contributed by atoms with van der Waals surface area (Å²) in [6.45, 7) is 0.440. The maximum atomic E-state index is 12.5. The highest BCUT2D eigenvalue weighted by Gasteiger charge is 2.26. The topological polar surface area (TPSA) is 72.4 Å². The van der Waals surface area contributed by atoms with Crippen molar-refractivity contribution in [2.24, 2.45) is 0 Å². The monoisotopic (exact) mass is 335 g/mol. The van der Waals surface area contributed by atoms with E-state index < -0.39 is 15.4 Å². The number of sulfonamides is 1. The van der Waals surface area contributed by atoms with Gasteiger partial charge in [-0.2, -0.15) is 13.1 Å². The Bertz CT molecular complexity index is 689. The summed E-state index contributed by atoms with van der Waals surface area (Å²) in [5, 5.41) is -0.410. The van der Waals surface area contributed by atoms with Gasteiger partial charge in [-0.1, -0.05) is 6.07 Å². The standard InChI is InChI=1S/C11H14ClN3O3S2/c1-15(6-8(12)7-18-2)20(16,17)10-5-3-4-9-11(10)14-19-13-9/h3-5,8H,6-7H2,1-2H3. The van der Waals surface area contributed by atoms with Crippen molar-refractivity contribution in [3.8, 4) is 0 Å². The number of hydrogen-bond acceptors (Lipinski definition) is 6. The van der Waals surface area contributed by atoms with Crippen LogP contribution in [0.1, 0.15) is 0 Å². The molecule has 1 heterocycles. The lowest BCUT2D eigenvalue weighted by Crippen LogP contribution is -2.34. The maximum absolute atomic E-state index is 12.5. The molecule has 0 amide bonds. The van der Waals surface area contributed by atoms with Crippen LogP contribution in [0.3, 0.4) is 0 Å². The number of ether oxygens (including phenoxy) is 1. The van der Waals surface area contributed by atoms with Crippen LogP contribution in [0.5, 0.6) is 0 Å². The van der Waals surface area contributed by atoms with Crippen molar-refractivity contribution in [3.05, 3.63) is 18.2 Å². The quantitative estimate of drug-likeness (QED) is 0.749. The van der Waals surface area contributed by atoms with Gasteiger partial charge in [0.05, 0.1) is 23.7 Å². The molecule has 0 radical (unpaired) electrons. The highest BCUT2D eigenvalue weighted by atomic mass is 35.5. The fraction of sp³-hybridized carbons (Fsp3) is 0.455. The minimum atomic E-state index is -3.65. The first-order valence-corrected chi connectivity index (χ1v) is 8.38. The van der Waals surface area contributed by atoms with E-state index in [1.165, 1.54) is 24.5 Å². The van der Waals surface area contributed by atoms with Gasteiger partial charge in [0.1, 0.15) is 15.9 Å². The normalized spacial score (nSPS) is 14.0. The maximum Gasteiger partial charge on any atom is 0.245 e. The van der Waals surface area contributed by atoms with E-state index >= 15 is 0 Å². The molecule has 0 saturated heterocycles. The Kier molecular flexibility index (Phi) is 4.92. The largest absolute Gasteiger partial charge is 0.383 e. The fourth-order valence-corrected chi connectivity index (χ4v) is 4.15. The minimum Gasteiger partial charge on any atom is -0.383 e. The second-order valence-corrected chi connectivity index (χ2v) is 7.39. The molecule has 0 aliphatic heterocycles. The van der Waals surface area contributed by atoms with E-state index in [1.807, 2.05) is 0 Å². The number of benzene rings is 1. The van der Waals surface area contributed by atoms with Gasteiger partial charge in [0.15, 0.2) is 0 Å². The number of aromatic nitrogens is 2. The molecule has 0 N–H and O–H groups in total. The molecule has 0 bridgehead atoms. The van der Waals surface area contributed by atoms with Crippen molar-refractivity contribution in [1.29, 1.82) is 0 Å². The highest BCUT2D eigenvalue weighted by molar-refractivity contribution is 7.89. The molecule has 1 unspecified atom stereocenters. The van der Waals surface area contributed by atoms with Gasteiger partial charge >= 0.3 is 0 Å². The predicted molar refractivity (Wildman–Crippen MR) is 78.7 cm³/mol. The van der Waals surface area contributed by atoms with Crippen LogP contribution < -0.4 is 0 Å². The average molecular weight is 336 g/mol. The summed E-state index contributed by atoms with van der Waals surface area (Å²) in [5.41, 5.74) is 0.964. The van der Waals surface area contributed by atoms with Gasteiger partial charge in [-0.15, -0.1) is 11.6 Å². The Labute approximate surface area is 126 Å². The number of halogens is 1. The van der Waals surface area contributed by atoms with E-state index in [1.54, 1.807) is 12.1 Å². The lowest BCUT2D eigenvalue weighted by molar-refractivity contribution is 0.192. The van der Waals surface area contributed by atoms with Gasteiger partial charge in [0.2, 0.25) is 10.0 Å². The molecule has 2 rings (SSSR count). The lowest BCUT2D eigenvalue weighted by Gasteiger charge is -2.19. The third kappa shape index (κ3) is 3.09. The van der Waals surface area contributed by atoms with E-state index in [2.05, 4.69) is 8.75 Å². The van der Waals surface area contributed by atoms with Gasteiger partial charge in [-0.3, -0.25) is 0 Å². The zero-order valence-electron chi connectivity index (χ0n) is 11.0. The molecule has 0 aliphatic carbocycles. The summed E-state index contributed by atoms with van der Waals surface area (Å²) in [6.07, 6.45) is 0. The van der Waals surface area contributed by atoms with Crippen LogP contribution in [-0.4, -0.2) is 54.2 Å². The van der Waals surface area contributed by atoms with Gasteiger partial charge in [-0.05, 0) is 12.1 Å².